The van der Waals surface area contributed by atoms with Gasteiger partial charge in [0.15, 0.2) is 12.4 Å². The molecule has 1 aromatic heterocycles. The third kappa shape index (κ3) is 3.86. The molecule has 0 atom stereocenters. The Hall–Kier alpha value is -1.77. The number of benzene rings is 1. The Balaban J connectivity index is 1.87. The van der Waals surface area contributed by atoms with Crippen LogP contribution in [0.5, 0.6) is 5.75 Å². The summed E-state index contributed by atoms with van der Waals surface area (Å²) in [6.07, 6.45) is 9.31. The number of para-hydroxylation sites is 1. The van der Waals surface area contributed by atoms with Crippen LogP contribution in [0.3, 0.4) is 0 Å². The number of aromatic hydroxyl groups is 1. The van der Waals surface area contributed by atoms with Crippen LogP contribution in [0.1, 0.15) is 45.4 Å². The zero-order valence-electron chi connectivity index (χ0n) is 12.2. The van der Waals surface area contributed by atoms with Crippen LogP contribution in [0.25, 0.3) is 10.9 Å². The molecule has 1 aromatic carbocycles. The molecule has 0 amide bonds. The summed E-state index contributed by atoms with van der Waals surface area (Å²) in [6.45, 7) is 2.91. The molecule has 0 radical (unpaired) electrons. The number of hydrogen-bond donors (Lipinski definition) is 1. The van der Waals surface area contributed by atoms with E-state index in [1.807, 2.05) is 30.5 Å². The fraction of sp³-hybridized carbons (Fsp3) is 0.471. The first-order chi connectivity index (χ1) is 9.83. The van der Waals surface area contributed by atoms with Crippen molar-refractivity contribution in [1.82, 2.24) is 0 Å². The van der Waals surface area contributed by atoms with Gasteiger partial charge in [-0.2, -0.15) is 0 Å². The summed E-state index contributed by atoms with van der Waals surface area (Å²) < 4.78 is 1.68. The fourth-order valence-corrected chi connectivity index (χ4v) is 2.38. The van der Waals surface area contributed by atoms with Gasteiger partial charge in [-0.3, -0.25) is 4.84 Å². The minimum Gasteiger partial charge on any atom is -0.502 e. The molecule has 0 saturated carbocycles. The highest BCUT2D eigenvalue weighted by Crippen LogP contribution is 2.19. The number of pyridine rings is 1. The first-order valence-corrected chi connectivity index (χ1v) is 7.58. The lowest BCUT2D eigenvalue weighted by Gasteiger charge is -2.03. The van der Waals surface area contributed by atoms with Crippen LogP contribution in [-0.4, -0.2) is 11.7 Å². The van der Waals surface area contributed by atoms with Crippen LogP contribution in [0.2, 0.25) is 0 Å². The van der Waals surface area contributed by atoms with Crippen molar-refractivity contribution >= 4 is 10.9 Å². The van der Waals surface area contributed by atoms with Gasteiger partial charge in [0.25, 0.3) is 0 Å². The lowest BCUT2D eigenvalue weighted by atomic mass is 10.1. The number of phenols is 1. The average molecular weight is 274 g/mol. The maximum Gasteiger partial charge on any atom is 0.305 e. The van der Waals surface area contributed by atoms with Gasteiger partial charge in [-0.15, -0.1) is 0 Å². The summed E-state index contributed by atoms with van der Waals surface area (Å²) in [6, 6.07) is 9.41. The standard InChI is InChI=1S/C17H23NO2/c1-2-3-4-5-6-7-14-20-18-13-9-11-15-10-8-12-16(19)17(15)18/h8-13H,2-7,14H2,1H3/p+1. The van der Waals surface area contributed by atoms with Crippen LogP contribution in [-0.2, 0) is 0 Å². The van der Waals surface area contributed by atoms with E-state index in [0.717, 1.165) is 17.3 Å². The van der Waals surface area contributed by atoms with Gasteiger partial charge in [0.2, 0.25) is 6.20 Å². The van der Waals surface area contributed by atoms with E-state index in [2.05, 4.69) is 6.92 Å². The van der Waals surface area contributed by atoms with Gasteiger partial charge < -0.3 is 5.11 Å². The van der Waals surface area contributed by atoms with Crippen molar-refractivity contribution in [2.75, 3.05) is 6.61 Å². The molecule has 0 aliphatic heterocycles. The highest BCUT2D eigenvalue weighted by Gasteiger charge is 2.14. The molecule has 20 heavy (non-hydrogen) atoms. The van der Waals surface area contributed by atoms with Gasteiger partial charge in [-0.1, -0.05) is 38.7 Å². The van der Waals surface area contributed by atoms with Crippen LogP contribution >= 0.6 is 0 Å². The lowest BCUT2D eigenvalue weighted by molar-refractivity contribution is -0.871. The molecule has 2 aromatic rings. The Morgan fingerprint density at radius 2 is 1.75 bits per heavy atom. The van der Waals surface area contributed by atoms with E-state index in [1.165, 1.54) is 32.1 Å². The molecule has 108 valence electrons. The van der Waals surface area contributed by atoms with Crippen LogP contribution in [0, 0.1) is 0 Å². The first kappa shape index (κ1) is 14.6. The topological polar surface area (TPSA) is 33.3 Å². The van der Waals surface area contributed by atoms with Crippen molar-refractivity contribution in [2.24, 2.45) is 0 Å². The summed E-state index contributed by atoms with van der Waals surface area (Å²) in [7, 11) is 0. The molecule has 0 aliphatic rings. The van der Waals surface area contributed by atoms with Gasteiger partial charge in [0, 0.05) is 10.8 Å². The monoisotopic (exact) mass is 274 g/mol. The van der Waals surface area contributed by atoms with Crippen LogP contribution in [0.15, 0.2) is 36.5 Å². The Kier molecular flexibility index (Phi) is 5.66. The van der Waals surface area contributed by atoms with E-state index < -0.39 is 0 Å². The normalized spacial score (nSPS) is 10.8. The minimum absolute atomic E-state index is 0.256. The second-order valence-corrected chi connectivity index (χ2v) is 5.15. The van der Waals surface area contributed by atoms with Crippen molar-refractivity contribution in [3.8, 4) is 5.75 Å². The molecule has 3 heteroatoms. The number of nitrogens with zero attached hydrogens (tertiary/aromatic N) is 1. The van der Waals surface area contributed by atoms with Crippen LogP contribution < -0.4 is 9.57 Å². The molecule has 0 unspecified atom stereocenters. The predicted octanol–water partition coefficient (Wildman–Crippen LogP) is 3.62. The average Bonchev–Trinajstić information content (AvgIpc) is 2.46. The van der Waals surface area contributed by atoms with Gasteiger partial charge >= 0.3 is 5.52 Å². The molecule has 1 heterocycles. The minimum atomic E-state index is 0.256. The van der Waals surface area contributed by atoms with Gasteiger partial charge in [0.1, 0.15) is 0 Å². The molecule has 0 saturated heterocycles. The Morgan fingerprint density at radius 1 is 1.00 bits per heavy atom. The lowest BCUT2D eigenvalue weighted by Crippen LogP contribution is -2.43. The maximum absolute atomic E-state index is 9.95. The molecular weight excluding hydrogens is 250 g/mol. The third-order valence-electron chi connectivity index (χ3n) is 3.49. The highest BCUT2D eigenvalue weighted by molar-refractivity contribution is 5.80. The number of rotatable bonds is 8. The summed E-state index contributed by atoms with van der Waals surface area (Å²) in [5.41, 5.74) is 0.737. The smallest absolute Gasteiger partial charge is 0.305 e. The van der Waals surface area contributed by atoms with Crippen molar-refractivity contribution in [3.63, 3.8) is 0 Å². The molecule has 1 N–H and O–H groups in total. The molecule has 0 spiro atoms. The quantitative estimate of drug-likeness (QED) is 0.589. The van der Waals surface area contributed by atoms with E-state index in [1.54, 1.807) is 10.8 Å². The molecular formula is C17H24NO2+. The Bertz CT molecular complexity index is 534. The molecule has 0 bridgehead atoms. The first-order valence-electron chi connectivity index (χ1n) is 7.58. The summed E-state index contributed by atoms with van der Waals surface area (Å²) in [5, 5.41) is 10.9. The van der Waals surface area contributed by atoms with E-state index in [-0.39, 0.29) is 5.75 Å². The number of hydrogen-bond acceptors (Lipinski definition) is 2. The zero-order valence-corrected chi connectivity index (χ0v) is 12.2. The second kappa shape index (κ2) is 7.73. The van der Waals surface area contributed by atoms with Gasteiger partial charge in [0.05, 0.1) is 5.39 Å². The number of unbranched alkanes of at least 4 members (excludes halogenated alkanes) is 5. The molecule has 2 rings (SSSR count). The van der Waals surface area contributed by atoms with Gasteiger partial charge in [-0.05, 0) is 31.0 Å². The van der Waals surface area contributed by atoms with E-state index in [0.29, 0.717) is 6.61 Å². The zero-order chi connectivity index (χ0) is 14.2. The molecule has 0 aliphatic carbocycles. The summed E-state index contributed by atoms with van der Waals surface area (Å²) in [4.78, 5) is 5.76. The van der Waals surface area contributed by atoms with Crippen molar-refractivity contribution in [2.45, 2.75) is 45.4 Å². The fourth-order valence-electron chi connectivity index (χ4n) is 2.38. The summed E-state index contributed by atoms with van der Waals surface area (Å²) in [5.74, 6) is 0.256. The van der Waals surface area contributed by atoms with Crippen molar-refractivity contribution < 1.29 is 14.7 Å². The SMILES string of the molecule is CCCCCCCCO[n+]1cccc2cccc(O)c21. The van der Waals surface area contributed by atoms with Crippen molar-refractivity contribution in [3.05, 3.63) is 36.5 Å². The molecule has 3 nitrogen and oxygen atoms in total. The predicted molar refractivity (Wildman–Crippen MR) is 80.6 cm³/mol. The Labute approximate surface area is 120 Å². The summed E-state index contributed by atoms with van der Waals surface area (Å²) >= 11 is 0. The maximum atomic E-state index is 9.95. The highest BCUT2D eigenvalue weighted by atomic mass is 16.7. The Morgan fingerprint density at radius 3 is 2.60 bits per heavy atom. The second-order valence-electron chi connectivity index (χ2n) is 5.15. The van der Waals surface area contributed by atoms with E-state index >= 15 is 0 Å². The molecule has 0 fully saturated rings. The van der Waals surface area contributed by atoms with Crippen LogP contribution in [0.4, 0.5) is 0 Å². The number of aromatic nitrogens is 1. The van der Waals surface area contributed by atoms with Crippen molar-refractivity contribution in [1.29, 1.82) is 0 Å². The third-order valence-corrected chi connectivity index (χ3v) is 3.49. The van der Waals surface area contributed by atoms with E-state index in [9.17, 15) is 5.11 Å². The van der Waals surface area contributed by atoms with E-state index in [4.69, 9.17) is 4.84 Å². The number of phenolic OH excluding ortho intramolecular Hbond substituents is 1. The number of fused-ring (bicyclic) bond motifs is 1. The largest absolute Gasteiger partial charge is 0.502 e. The van der Waals surface area contributed by atoms with Gasteiger partial charge in [-0.25, -0.2) is 0 Å².